The number of H-pyrrole nitrogens is 1. The standard InChI is InChI=1S/C25H23N5O4S/c1-16-3-5-17(6-4-16)24-28-29-25(30(24)19-8-11-21(34-2)12-9-19)35-15-23(33)27-26-14-18-7-10-20(31)13-22(18)32/h3-14H,15H2,1-2H3,(H3,26,27,31,32,33)/p+1. The third-order valence-corrected chi connectivity index (χ3v) is 6.01. The van der Waals surface area contributed by atoms with E-state index >= 15 is 0 Å². The van der Waals surface area contributed by atoms with Gasteiger partial charge in [-0.1, -0.05) is 17.7 Å². The summed E-state index contributed by atoms with van der Waals surface area (Å²) in [6.07, 6.45) is 1.30. The summed E-state index contributed by atoms with van der Waals surface area (Å²) >= 11 is 1.25. The van der Waals surface area contributed by atoms with E-state index in [0.717, 1.165) is 28.4 Å². The van der Waals surface area contributed by atoms with Gasteiger partial charge in [-0.2, -0.15) is 9.67 Å². The molecule has 9 nitrogen and oxygen atoms in total. The van der Waals surface area contributed by atoms with Crippen LogP contribution in [0.2, 0.25) is 0 Å². The summed E-state index contributed by atoms with van der Waals surface area (Å²) in [5.41, 5.74) is 5.76. The number of nitrogens with zero attached hydrogens (tertiary/aromatic N) is 3. The summed E-state index contributed by atoms with van der Waals surface area (Å²) in [5.74, 6) is 1.03. The van der Waals surface area contributed by atoms with Gasteiger partial charge in [0.1, 0.15) is 22.9 Å². The number of phenols is 2. The quantitative estimate of drug-likeness (QED) is 0.130. The predicted molar refractivity (Wildman–Crippen MR) is 133 cm³/mol. The Hall–Kier alpha value is -4.31. The number of amides is 1. The molecule has 0 aliphatic carbocycles. The number of hydrazone groups is 1. The van der Waals surface area contributed by atoms with E-state index in [4.69, 9.17) is 4.74 Å². The highest BCUT2D eigenvalue weighted by Gasteiger charge is 2.24. The van der Waals surface area contributed by atoms with E-state index in [2.05, 4.69) is 20.7 Å². The number of benzene rings is 3. The molecule has 0 atom stereocenters. The fourth-order valence-electron chi connectivity index (χ4n) is 3.25. The number of phenolic OH excluding ortho intramolecular Hbond substituents is 2. The molecule has 0 fully saturated rings. The normalized spacial score (nSPS) is 11.0. The smallest absolute Gasteiger partial charge is 0.342 e. The Morgan fingerprint density at radius 2 is 1.89 bits per heavy atom. The van der Waals surface area contributed by atoms with Crippen LogP contribution in [-0.4, -0.2) is 45.4 Å². The van der Waals surface area contributed by atoms with Crippen LogP contribution >= 0.6 is 11.8 Å². The number of nitrogens with one attached hydrogen (secondary N) is 2. The Morgan fingerprint density at radius 3 is 2.57 bits per heavy atom. The van der Waals surface area contributed by atoms with Crippen LogP contribution in [0, 0.1) is 6.92 Å². The molecule has 4 rings (SSSR count). The second-order valence-corrected chi connectivity index (χ2v) is 8.52. The number of aromatic hydroxyl groups is 2. The molecule has 0 aliphatic heterocycles. The van der Waals surface area contributed by atoms with Crippen molar-refractivity contribution in [2.45, 2.75) is 12.1 Å². The Balaban J connectivity index is 1.52. The molecular formula is C25H24N5O4S+. The second-order valence-electron chi connectivity index (χ2n) is 7.58. The van der Waals surface area contributed by atoms with E-state index < -0.39 is 0 Å². The lowest BCUT2D eigenvalue weighted by molar-refractivity contribution is -0.625. The van der Waals surface area contributed by atoms with Gasteiger partial charge in [-0.3, -0.25) is 4.79 Å². The molecule has 4 N–H and O–H groups in total. The SMILES string of the molecule is COc1ccc(-[n+]2c(SCC(=O)N/N=C/c3ccc(O)cc3O)n[nH]c2-c2ccc(C)cc2)cc1. The summed E-state index contributed by atoms with van der Waals surface area (Å²) < 4.78 is 7.22. The van der Waals surface area contributed by atoms with Gasteiger partial charge in [-0.25, -0.2) is 5.43 Å². The minimum atomic E-state index is -0.342. The first-order chi connectivity index (χ1) is 16.9. The van der Waals surface area contributed by atoms with Gasteiger partial charge >= 0.3 is 5.16 Å². The minimum Gasteiger partial charge on any atom is -0.508 e. The number of methoxy groups -OCH3 is 1. The first-order valence-corrected chi connectivity index (χ1v) is 11.6. The van der Waals surface area contributed by atoms with Crippen LogP contribution in [0.3, 0.4) is 0 Å². The van der Waals surface area contributed by atoms with Gasteiger partial charge in [-0.15, -0.1) is 5.10 Å². The predicted octanol–water partition coefficient (Wildman–Crippen LogP) is 3.32. The average molecular weight is 491 g/mol. The first-order valence-electron chi connectivity index (χ1n) is 10.6. The molecule has 0 saturated carbocycles. The van der Waals surface area contributed by atoms with Crippen molar-refractivity contribution in [1.29, 1.82) is 0 Å². The number of aryl methyl sites for hydroxylation is 1. The van der Waals surface area contributed by atoms with E-state index in [0.29, 0.717) is 10.7 Å². The van der Waals surface area contributed by atoms with E-state index in [1.54, 1.807) is 7.11 Å². The number of carbonyl (C=O) groups excluding carboxylic acids is 1. The Bertz CT molecular complexity index is 1350. The maximum absolute atomic E-state index is 12.4. The summed E-state index contributed by atoms with van der Waals surface area (Å²) in [6, 6.07) is 19.7. The van der Waals surface area contributed by atoms with Crippen molar-refractivity contribution in [1.82, 2.24) is 15.6 Å². The van der Waals surface area contributed by atoms with Crippen LogP contribution in [0.4, 0.5) is 0 Å². The molecule has 0 bridgehead atoms. The molecule has 35 heavy (non-hydrogen) atoms. The highest BCUT2D eigenvalue weighted by molar-refractivity contribution is 7.99. The number of rotatable bonds is 8. The Kier molecular flexibility index (Phi) is 7.32. The van der Waals surface area contributed by atoms with Gasteiger partial charge in [0, 0.05) is 11.6 Å². The highest BCUT2D eigenvalue weighted by atomic mass is 32.2. The molecule has 0 unspecified atom stereocenters. The number of hydrogen-bond donors (Lipinski definition) is 4. The Labute approximate surface area is 206 Å². The van der Waals surface area contributed by atoms with Crippen LogP contribution in [0.25, 0.3) is 17.1 Å². The number of aromatic amines is 1. The molecule has 0 spiro atoms. The van der Waals surface area contributed by atoms with Gasteiger partial charge < -0.3 is 14.9 Å². The number of hydrogen-bond acceptors (Lipinski definition) is 7. The molecule has 0 aliphatic rings. The third-order valence-electron chi connectivity index (χ3n) is 5.07. The third kappa shape index (κ3) is 5.79. The Morgan fingerprint density at radius 1 is 1.14 bits per heavy atom. The van der Waals surface area contributed by atoms with Gasteiger partial charge in [0.2, 0.25) is 0 Å². The topological polar surface area (TPSA) is 124 Å². The van der Waals surface area contributed by atoms with Gasteiger partial charge in [0.15, 0.2) is 0 Å². The maximum atomic E-state index is 12.4. The van der Waals surface area contributed by atoms with Crippen molar-refractivity contribution >= 4 is 23.9 Å². The molecule has 0 saturated heterocycles. The molecule has 1 amide bonds. The van der Waals surface area contributed by atoms with Gasteiger partial charge in [-0.05, 0) is 67.2 Å². The molecule has 178 valence electrons. The molecule has 4 aromatic rings. The van der Waals surface area contributed by atoms with E-state index in [9.17, 15) is 15.0 Å². The molecular weight excluding hydrogens is 466 g/mol. The summed E-state index contributed by atoms with van der Waals surface area (Å²) in [5, 5.41) is 31.2. The largest absolute Gasteiger partial charge is 0.508 e. The zero-order chi connectivity index (χ0) is 24.8. The van der Waals surface area contributed by atoms with Gasteiger partial charge in [0.05, 0.1) is 29.7 Å². The van der Waals surface area contributed by atoms with Gasteiger partial charge in [0.25, 0.3) is 11.7 Å². The lowest BCUT2D eigenvalue weighted by Crippen LogP contribution is -2.34. The van der Waals surface area contributed by atoms with E-state index in [1.807, 2.05) is 60.0 Å². The van der Waals surface area contributed by atoms with Crippen LogP contribution in [-0.2, 0) is 4.79 Å². The summed E-state index contributed by atoms with van der Waals surface area (Å²) in [7, 11) is 1.61. The first kappa shape index (κ1) is 23.8. The lowest BCUT2D eigenvalue weighted by atomic mass is 10.1. The lowest BCUT2D eigenvalue weighted by Gasteiger charge is -2.06. The van der Waals surface area contributed by atoms with Crippen LogP contribution in [0.1, 0.15) is 11.1 Å². The monoisotopic (exact) mass is 490 g/mol. The molecule has 10 heteroatoms. The summed E-state index contributed by atoms with van der Waals surface area (Å²) in [6.45, 7) is 2.03. The zero-order valence-corrected chi connectivity index (χ0v) is 19.9. The van der Waals surface area contributed by atoms with Crippen molar-refractivity contribution in [3.63, 3.8) is 0 Å². The van der Waals surface area contributed by atoms with Crippen molar-refractivity contribution in [2.75, 3.05) is 12.9 Å². The minimum absolute atomic E-state index is 0.0609. The van der Waals surface area contributed by atoms with Crippen molar-refractivity contribution in [2.24, 2.45) is 5.10 Å². The highest BCUT2D eigenvalue weighted by Crippen LogP contribution is 2.23. The van der Waals surface area contributed by atoms with Crippen molar-refractivity contribution in [3.8, 4) is 34.3 Å². The van der Waals surface area contributed by atoms with Crippen LogP contribution in [0.15, 0.2) is 77.0 Å². The van der Waals surface area contributed by atoms with E-state index in [1.165, 1.54) is 36.2 Å². The van der Waals surface area contributed by atoms with Crippen molar-refractivity contribution < 1.29 is 24.3 Å². The van der Waals surface area contributed by atoms with Crippen LogP contribution < -0.4 is 14.7 Å². The average Bonchev–Trinajstić information content (AvgIpc) is 3.28. The molecule has 0 radical (unpaired) electrons. The fourth-order valence-corrected chi connectivity index (χ4v) is 4.01. The van der Waals surface area contributed by atoms with E-state index in [-0.39, 0.29) is 23.2 Å². The number of thioether (sulfide) groups is 1. The molecule has 3 aromatic carbocycles. The van der Waals surface area contributed by atoms with Crippen LogP contribution in [0.5, 0.6) is 17.2 Å². The number of carbonyl (C=O) groups is 1. The summed E-state index contributed by atoms with van der Waals surface area (Å²) in [4.78, 5) is 12.4. The molecule has 1 aromatic heterocycles. The second kappa shape index (κ2) is 10.7. The maximum Gasteiger partial charge on any atom is 0.342 e. The fraction of sp³-hybridized carbons (Fsp3) is 0.120. The number of aromatic nitrogens is 3. The zero-order valence-electron chi connectivity index (χ0n) is 19.1. The van der Waals surface area contributed by atoms with Crippen molar-refractivity contribution in [3.05, 3.63) is 77.9 Å². The molecule has 1 heterocycles. The number of ether oxygens (including phenoxy) is 1.